The molecule has 2 aromatic heterocycles. The van der Waals surface area contributed by atoms with Crippen LogP contribution in [0.1, 0.15) is 5.56 Å². The topological polar surface area (TPSA) is 94.5 Å². The van der Waals surface area contributed by atoms with Crippen LogP contribution in [-0.2, 0) is 0 Å². The van der Waals surface area contributed by atoms with E-state index in [0.717, 1.165) is 4.88 Å². The van der Waals surface area contributed by atoms with E-state index in [4.69, 9.17) is 5.26 Å². The van der Waals surface area contributed by atoms with Gasteiger partial charge in [0, 0.05) is 5.69 Å². The summed E-state index contributed by atoms with van der Waals surface area (Å²) in [5.41, 5.74) is 1.27. The zero-order chi connectivity index (χ0) is 14.7. The van der Waals surface area contributed by atoms with Crippen LogP contribution in [-0.4, -0.2) is 15.2 Å². The van der Waals surface area contributed by atoms with Gasteiger partial charge in [-0.05, 0) is 35.7 Å². The molecule has 3 aromatic rings. The maximum Gasteiger partial charge on any atom is 0.280 e. The third-order valence-electron chi connectivity index (χ3n) is 2.73. The van der Waals surface area contributed by atoms with Gasteiger partial charge >= 0.3 is 0 Å². The highest BCUT2D eigenvalue weighted by molar-refractivity contribution is 7.13. The van der Waals surface area contributed by atoms with Gasteiger partial charge in [0.2, 0.25) is 5.95 Å². The molecule has 0 fully saturated rings. The molecule has 21 heavy (non-hydrogen) atoms. The Labute approximate surface area is 123 Å². The third-order valence-corrected chi connectivity index (χ3v) is 3.60. The summed E-state index contributed by atoms with van der Waals surface area (Å²) < 4.78 is 0. The van der Waals surface area contributed by atoms with Crippen LogP contribution in [0, 0.1) is 11.3 Å². The van der Waals surface area contributed by atoms with Gasteiger partial charge in [0.05, 0.1) is 16.5 Å². The minimum atomic E-state index is -0.302. The molecule has 0 aliphatic carbocycles. The number of rotatable bonds is 3. The molecular formula is C14H9N5OS. The van der Waals surface area contributed by atoms with Gasteiger partial charge in [0.15, 0.2) is 5.69 Å². The molecule has 0 saturated carbocycles. The Balaban J connectivity index is 1.85. The van der Waals surface area contributed by atoms with Crippen molar-refractivity contribution in [1.82, 2.24) is 15.2 Å². The predicted octanol–water partition coefficient (Wildman–Crippen LogP) is 2.51. The minimum Gasteiger partial charge on any atom is -0.324 e. The summed E-state index contributed by atoms with van der Waals surface area (Å²) in [6.45, 7) is 0. The summed E-state index contributed by atoms with van der Waals surface area (Å²) in [4.78, 5) is 15.4. The second-order valence-corrected chi connectivity index (χ2v) is 5.09. The Hall–Kier alpha value is -2.98. The lowest BCUT2D eigenvalue weighted by atomic mass is 10.2. The Bertz CT molecular complexity index is 846. The highest BCUT2D eigenvalue weighted by Gasteiger charge is 2.08. The van der Waals surface area contributed by atoms with Crippen LogP contribution in [0.5, 0.6) is 0 Å². The molecule has 0 aliphatic rings. The molecule has 2 N–H and O–H groups in total. The van der Waals surface area contributed by atoms with E-state index in [1.807, 2.05) is 23.6 Å². The molecule has 102 valence electrons. The standard InChI is InChI=1S/C14H9N5OS/c15-8-9-3-5-10(6-4-9)16-14-17-13(20)12(18-19-14)11-2-1-7-21-11/h1-7H,(H2,16,17,19,20). The first-order chi connectivity index (χ1) is 10.3. The number of benzene rings is 1. The molecule has 1 aromatic carbocycles. The van der Waals surface area contributed by atoms with Crippen LogP contribution < -0.4 is 10.9 Å². The van der Waals surface area contributed by atoms with Crippen LogP contribution in [0.3, 0.4) is 0 Å². The monoisotopic (exact) mass is 295 g/mol. The minimum absolute atomic E-state index is 0.255. The van der Waals surface area contributed by atoms with Crippen molar-refractivity contribution in [2.45, 2.75) is 0 Å². The van der Waals surface area contributed by atoms with E-state index < -0.39 is 0 Å². The van der Waals surface area contributed by atoms with Crippen molar-refractivity contribution in [2.24, 2.45) is 0 Å². The van der Waals surface area contributed by atoms with E-state index in [1.54, 1.807) is 24.3 Å². The second kappa shape index (κ2) is 5.56. The van der Waals surface area contributed by atoms with Crippen molar-refractivity contribution >= 4 is 23.0 Å². The summed E-state index contributed by atoms with van der Waals surface area (Å²) in [6, 6.07) is 12.5. The largest absolute Gasteiger partial charge is 0.324 e. The van der Waals surface area contributed by atoms with E-state index in [0.29, 0.717) is 16.9 Å². The number of aromatic amines is 1. The third kappa shape index (κ3) is 2.80. The molecular weight excluding hydrogens is 286 g/mol. The molecule has 6 nitrogen and oxygen atoms in total. The number of aromatic nitrogens is 3. The molecule has 0 amide bonds. The zero-order valence-electron chi connectivity index (χ0n) is 10.7. The summed E-state index contributed by atoms with van der Waals surface area (Å²) in [7, 11) is 0. The van der Waals surface area contributed by atoms with Crippen LogP contribution in [0.2, 0.25) is 0 Å². The number of thiophene rings is 1. The quantitative estimate of drug-likeness (QED) is 0.774. The van der Waals surface area contributed by atoms with Gasteiger partial charge in [-0.1, -0.05) is 6.07 Å². The molecule has 0 unspecified atom stereocenters. The molecule has 2 heterocycles. The van der Waals surface area contributed by atoms with Crippen molar-refractivity contribution in [1.29, 1.82) is 5.26 Å². The Morgan fingerprint density at radius 3 is 2.62 bits per heavy atom. The van der Waals surface area contributed by atoms with Gasteiger partial charge in [-0.2, -0.15) is 5.26 Å². The lowest BCUT2D eigenvalue weighted by molar-refractivity contribution is 0.964. The lowest BCUT2D eigenvalue weighted by Gasteiger charge is -2.04. The fraction of sp³-hybridized carbons (Fsp3) is 0. The highest BCUT2D eigenvalue weighted by Crippen LogP contribution is 2.19. The molecule has 7 heteroatoms. The first-order valence-corrected chi connectivity index (χ1v) is 6.92. The number of H-pyrrole nitrogens is 1. The molecule has 3 rings (SSSR count). The maximum atomic E-state index is 12.0. The number of hydrogen-bond acceptors (Lipinski definition) is 6. The van der Waals surface area contributed by atoms with Crippen molar-refractivity contribution in [3.8, 4) is 16.6 Å². The first-order valence-electron chi connectivity index (χ1n) is 6.04. The van der Waals surface area contributed by atoms with Crippen molar-refractivity contribution < 1.29 is 0 Å². The molecule has 0 aliphatic heterocycles. The summed E-state index contributed by atoms with van der Waals surface area (Å²) in [5, 5.41) is 21.5. The smallest absolute Gasteiger partial charge is 0.280 e. The Morgan fingerprint density at radius 2 is 2.00 bits per heavy atom. The number of anilines is 2. The second-order valence-electron chi connectivity index (χ2n) is 4.14. The average Bonchev–Trinajstić information content (AvgIpc) is 3.02. The van der Waals surface area contributed by atoms with Crippen molar-refractivity contribution in [3.05, 3.63) is 57.7 Å². The first kappa shape index (κ1) is 13.0. The van der Waals surface area contributed by atoms with Gasteiger partial charge < -0.3 is 5.32 Å². The van der Waals surface area contributed by atoms with E-state index in [2.05, 4.69) is 20.5 Å². The number of hydrogen-bond donors (Lipinski definition) is 2. The van der Waals surface area contributed by atoms with Gasteiger partial charge in [0.1, 0.15) is 0 Å². The van der Waals surface area contributed by atoms with E-state index in [9.17, 15) is 4.79 Å². The summed E-state index contributed by atoms with van der Waals surface area (Å²) in [5.74, 6) is 0.255. The van der Waals surface area contributed by atoms with Crippen molar-refractivity contribution in [3.63, 3.8) is 0 Å². The molecule has 0 radical (unpaired) electrons. The fourth-order valence-electron chi connectivity index (χ4n) is 1.73. The van der Waals surface area contributed by atoms with Crippen molar-refractivity contribution in [2.75, 3.05) is 5.32 Å². The van der Waals surface area contributed by atoms with Crippen LogP contribution >= 0.6 is 11.3 Å². The SMILES string of the molecule is N#Cc1ccc(Nc2nnc(-c3cccs3)c(=O)[nH]2)cc1. The zero-order valence-corrected chi connectivity index (χ0v) is 11.5. The maximum absolute atomic E-state index is 12.0. The van der Waals surface area contributed by atoms with E-state index in [-0.39, 0.29) is 11.5 Å². The summed E-state index contributed by atoms with van der Waals surface area (Å²) >= 11 is 1.43. The predicted molar refractivity (Wildman–Crippen MR) is 80.4 cm³/mol. The Morgan fingerprint density at radius 1 is 1.19 bits per heavy atom. The van der Waals surface area contributed by atoms with E-state index >= 15 is 0 Å². The molecule has 0 atom stereocenters. The highest BCUT2D eigenvalue weighted by atomic mass is 32.1. The summed E-state index contributed by atoms with van der Waals surface area (Å²) in [6.07, 6.45) is 0. The van der Waals surface area contributed by atoms with Crippen LogP contribution in [0.4, 0.5) is 11.6 Å². The number of nitrogens with one attached hydrogen (secondary N) is 2. The van der Waals surface area contributed by atoms with Gasteiger partial charge in [-0.15, -0.1) is 21.5 Å². The molecule has 0 saturated heterocycles. The van der Waals surface area contributed by atoms with E-state index in [1.165, 1.54) is 11.3 Å². The average molecular weight is 295 g/mol. The normalized spacial score (nSPS) is 10.0. The number of nitriles is 1. The van der Waals surface area contributed by atoms with Gasteiger partial charge in [0.25, 0.3) is 5.56 Å². The van der Waals surface area contributed by atoms with Gasteiger partial charge in [-0.3, -0.25) is 9.78 Å². The lowest BCUT2D eigenvalue weighted by Crippen LogP contribution is -2.15. The molecule has 0 spiro atoms. The Kier molecular flexibility index (Phi) is 3.45. The number of nitrogens with zero attached hydrogens (tertiary/aromatic N) is 3. The van der Waals surface area contributed by atoms with Gasteiger partial charge in [-0.25, -0.2) is 0 Å². The molecule has 0 bridgehead atoms. The van der Waals surface area contributed by atoms with Crippen LogP contribution in [0.15, 0.2) is 46.6 Å². The van der Waals surface area contributed by atoms with Crippen LogP contribution in [0.25, 0.3) is 10.6 Å². The fourth-order valence-corrected chi connectivity index (χ4v) is 2.44.